The van der Waals surface area contributed by atoms with Crippen molar-refractivity contribution in [2.24, 2.45) is 0 Å². The molecule has 24 heavy (non-hydrogen) atoms. The number of hydrogen-bond acceptors (Lipinski definition) is 3. The molecule has 124 valence electrons. The first-order valence-electron chi connectivity index (χ1n) is 8.53. The summed E-state index contributed by atoms with van der Waals surface area (Å²) in [4.78, 5) is 14.9. The average Bonchev–Trinajstić information content (AvgIpc) is 3.36. The second kappa shape index (κ2) is 6.19. The summed E-state index contributed by atoms with van der Waals surface area (Å²) in [6.07, 6.45) is 3.16. The fraction of sp³-hybridized carbons (Fsp3) is 0.350. The SMILES string of the molecule is CCc1ccc(C(=O)N(Cc2ccc3c(c2)OCO3)C2CC2)cc1. The zero-order valence-electron chi connectivity index (χ0n) is 13.8. The van der Waals surface area contributed by atoms with Crippen molar-refractivity contribution in [2.75, 3.05) is 6.79 Å². The van der Waals surface area contributed by atoms with Crippen LogP contribution >= 0.6 is 0 Å². The van der Waals surface area contributed by atoms with Gasteiger partial charge in [0.2, 0.25) is 6.79 Å². The third-order valence-electron chi connectivity index (χ3n) is 4.65. The van der Waals surface area contributed by atoms with Crippen molar-refractivity contribution >= 4 is 5.91 Å². The number of rotatable bonds is 5. The first-order chi connectivity index (χ1) is 11.7. The molecule has 2 aromatic carbocycles. The highest BCUT2D eigenvalue weighted by Crippen LogP contribution is 2.35. The third kappa shape index (κ3) is 2.96. The zero-order chi connectivity index (χ0) is 16.5. The summed E-state index contributed by atoms with van der Waals surface area (Å²) in [5.41, 5.74) is 3.09. The Morgan fingerprint density at radius 3 is 2.46 bits per heavy atom. The van der Waals surface area contributed by atoms with Gasteiger partial charge in [0.05, 0.1) is 0 Å². The summed E-state index contributed by atoms with van der Waals surface area (Å²) in [6.45, 7) is 3.00. The molecule has 0 atom stereocenters. The molecule has 4 heteroatoms. The topological polar surface area (TPSA) is 38.8 Å². The van der Waals surface area contributed by atoms with E-state index in [0.29, 0.717) is 12.6 Å². The molecule has 1 saturated carbocycles. The molecule has 0 unspecified atom stereocenters. The van der Waals surface area contributed by atoms with Crippen LogP contribution in [0.3, 0.4) is 0 Å². The van der Waals surface area contributed by atoms with Crippen LogP contribution in [0.5, 0.6) is 11.5 Å². The van der Waals surface area contributed by atoms with Crippen LogP contribution in [0, 0.1) is 0 Å². The van der Waals surface area contributed by atoms with Gasteiger partial charge in [-0.05, 0) is 54.7 Å². The molecule has 0 spiro atoms. The highest BCUT2D eigenvalue weighted by atomic mass is 16.7. The summed E-state index contributed by atoms with van der Waals surface area (Å²) < 4.78 is 10.8. The van der Waals surface area contributed by atoms with Gasteiger partial charge < -0.3 is 14.4 Å². The number of carbonyl (C=O) groups is 1. The van der Waals surface area contributed by atoms with Gasteiger partial charge in [-0.1, -0.05) is 25.1 Å². The fourth-order valence-electron chi connectivity index (χ4n) is 3.04. The largest absolute Gasteiger partial charge is 0.454 e. The molecule has 2 aromatic rings. The van der Waals surface area contributed by atoms with Crippen LogP contribution in [0.15, 0.2) is 42.5 Å². The van der Waals surface area contributed by atoms with E-state index >= 15 is 0 Å². The highest BCUT2D eigenvalue weighted by Gasteiger charge is 2.33. The van der Waals surface area contributed by atoms with E-state index < -0.39 is 0 Å². The van der Waals surface area contributed by atoms with E-state index in [2.05, 4.69) is 6.92 Å². The normalized spacial score (nSPS) is 15.4. The van der Waals surface area contributed by atoms with Crippen molar-refractivity contribution in [1.29, 1.82) is 0 Å². The Morgan fingerprint density at radius 1 is 1.04 bits per heavy atom. The quantitative estimate of drug-likeness (QED) is 0.840. The van der Waals surface area contributed by atoms with E-state index in [1.165, 1.54) is 5.56 Å². The van der Waals surface area contributed by atoms with Gasteiger partial charge in [-0.3, -0.25) is 4.79 Å². The highest BCUT2D eigenvalue weighted by molar-refractivity contribution is 5.94. The second-order valence-electron chi connectivity index (χ2n) is 6.40. The van der Waals surface area contributed by atoms with Crippen molar-refractivity contribution in [3.8, 4) is 11.5 Å². The lowest BCUT2D eigenvalue weighted by molar-refractivity contribution is 0.0729. The van der Waals surface area contributed by atoms with Gasteiger partial charge >= 0.3 is 0 Å². The predicted molar refractivity (Wildman–Crippen MR) is 91.3 cm³/mol. The number of ether oxygens (including phenoxy) is 2. The summed E-state index contributed by atoms with van der Waals surface area (Å²) in [5.74, 6) is 1.65. The molecule has 0 N–H and O–H groups in total. The Balaban J connectivity index is 1.54. The molecule has 4 rings (SSSR count). The summed E-state index contributed by atoms with van der Waals surface area (Å²) >= 11 is 0. The number of benzene rings is 2. The Bertz CT molecular complexity index is 750. The first-order valence-corrected chi connectivity index (χ1v) is 8.53. The van der Waals surface area contributed by atoms with E-state index in [4.69, 9.17) is 9.47 Å². The Labute approximate surface area is 142 Å². The van der Waals surface area contributed by atoms with Crippen LogP contribution in [0.2, 0.25) is 0 Å². The number of aryl methyl sites for hydroxylation is 1. The van der Waals surface area contributed by atoms with Crippen LogP contribution < -0.4 is 9.47 Å². The summed E-state index contributed by atoms with van der Waals surface area (Å²) in [7, 11) is 0. The molecular weight excluding hydrogens is 302 g/mol. The standard InChI is InChI=1S/C20H21NO3/c1-2-14-3-6-16(7-4-14)20(22)21(17-8-9-17)12-15-5-10-18-19(11-15)24-13-23-18/h3-7,10-11,17H,2,8-9,12-13H2,1H3. The van der Waals surface area contributed by atoms with Gasteiger partial charge in [0.25, 0.3) is 5.91 Å². The van der Waals surface area contributed by atoms with Crippen LogP contribution in [0.4, 0.5) is 0 Å². The maximum Gasteiger partial charge on any atom is 0.254 e. The van der Waals surface area contributed by atoms with Crippen molar-refractivity contribution in [1.82, 2.24) is 4.90 Å². The molecule has 0 radical (unpaired) electrons. The number of hydrogen-bond donors (Lipinski definition) is 0. The van der Waals surface area contributed by atoms with E-state index in [1.807, 2.05) is 47.4 Å². The van der Waals surface area contributed by atoms with Crippen molar-refractivity contribution in [3.63, 3.8) is 0 Å². The minimum Gasteiger partial charge on any atom is -0.454 e. The first kappa shape index (κ1) is 15.1. The lowest BCUT2D eigenvalue weighted by atomic mass is 10.1. The van der Waals surface area contributed by atoms with Gasteiger partial charge in [0.15, 0.2) is 11.5 Å². The minimum atomic E-state index is 0.109. The Kier molecular flexibility index (Phi) is 3.89. The molecule has 1 heterocycles. The van der Waals surface area contributed by atoms with E-state index in [1.54, 1.807) is 0 Å². The molecular formula is C20H21NO3. The molecule has 0 bridgehead atoms. The molecule has 4 nitrogen and oxygen atoms in total. The Morgan fingerprint density at radius 2 is 1.75 bits per heavy atom. The molecule has 1 aliphatic heterocycles. The summed E-state index contributed by atoms with van der Waals surface area (Å²) in [6, 6.07) is 14.2. The maximum atomic E-state index is 12.9. The van der Waals surface area contributed by atoms with E-state index in [9.17, 15) is 4.79 Å². The molecule has 1 aliphatic carbocycles. The summed E-state index contributed by atoms with van der Waals surface area (Å²) in [5, 5.41) is 0. The zero-order valence-corrected chi connectivity index (χ0v) is 13.8. The van der Waals surface area contributed by atoms with Crippen LogP contribution in [0.1, 0.15) is 41.3 Å². The molecule has 2 aliphatic rings. The van der Waals surface area contributed by atoms with Crippen molar-refractivity contribution in [3.05, 3.63) is 59.2 Å². The van der Waals surface area contributed by atoms with E-state index in [0.717, 1.165) is 41.9 Å². The van der Waals surface area contributed by atoms with Gasteiger partial charge in [-0.25, -0.2) is 0 Å². The van der Waals surface area contributed by atoms with Crippen molar-refractivity contribution in [2.45, 2.75) is 38.8 Å². The average molecular weight is 323 g/mol. The molecule has 1 fully saturated rings. The van der Waals surface area contributed by atoms with Gasteiger partial charge in [-0.15, -0.1) is 0 Å². The number of carbonyl (C=O) groups excluding carboxylic acids is 1. The lowest BCUT2D eigenvalue weighted by Crippen LogP contribution is -2.32. The number of nitrogens with zero attached hydrogens (tertiary/aromatic N) is 1. The fourth-order valence-corrected chi connectivity index (χ4v) is 3.04. The third-order valence-corrected chi connectivity index (χ3v) is 4.65. The number of amides is 1. The second-order valence-corrected chi connectivity index (χ2v) is 6.40. The van der Waals surface area contributed by atoms with Crippen molar-refractivity contribution < 1.29 is 14.3 Å². The van der Waals surface area contributed by atoms with Gasteiger partial charge in [0, 0.05) is 18.2 Å². The minimum absolute atomic E-state index is 0.109. The van der Waals surface area contributed by atoms with E-state index in [-0.39, 0.29) is 12.7 Å². The molecule has 1 amide bonds. The van der Waals surface area contributed by atoms with Crippen LogP contribution in [-0.4, -0.2) is 23.6 Å². The van der Waals surface area contributed by atoms with Gasteiger partial charge in [-0.2, -0.15) is 0 Å². The monoisotopic (exact) mass is 323 g/mol. The van der Waals surface area contributed by atoms with Gasteiger partial charge in [0.1, 0.15) is 0 Å². The Hall–Kier alpha value is -2.49. The predicted octanol–water partition coefficient (Wildman–Crippen LogP) is 3.78. The smallest absolute Gasteiger partial charge is 0.254 e. The molecule has 0 saturated heterocycles. The lowest BCUT2D eigenvalue weighted by Gasteiger charge is -2.23. The maximum absolute atomic E-state index is 12.9. The molecule has 0 aromatic heterocycles. The van der Waals surface area contributed by atoms with Crippen LogP contribution in [-0.2, 0) is 13.0 Å². The van der Waals surface area contributed by atoms with Crippen LogP contribution in [0.25, 0.3) is 0 Å². The number of fused-ring (bicyclic) bond motifs is 1.